The highest BCUT2D eigenvalue weighted by Gasteiger charge is 2.36. The number of rotatable bonds is 9. The summed E-state index contributed by atoms with van der Waals surface area (Å²) in [6, 6.07) is -0.749. The highest BCUT2D eigenvalue weighted by atomic mass is 16.5. The van der Waals surface area contributed by atoms with E-state index in [2.05, 4.69) is 0 Å². The molecule has 5 nitrogen and oxygen atoms in total. The van der Waals surface area contributed by atoms with Crippen molar-refractivity contribution in [1.29, 1.82) is 0 Å². The number of hydrogen-bond acceptors (Lipinski definition) is 3. The number of allylic oxidation sites excluding steroid dienone is 2. The van der Waals surface area contributed by atoms with Crippen molar-refractivity contribution >= 4 is 11.8 Å². The molecule has 0 saturated heterocycles. The first-order valence-electron chi connectivity index (χ1n) is 7.45. The normalized spacial score (nSPS) is 16.0. The van der Waals surface area contributed by atoms with Crippen molar-refractivity contribution in [2.75, 3.05) is 14.2 Å². The van der Waals surface area contributed by atoms with Gasteiger partial charge >= 0.3 is 0 Å². The molecule has 0 aliphatic rings. The van der Waals surface area contributed by atoms with Crippen LogP contribution in [0.1, 0.15) is 40.5 Å². The van der Waals surface area contributed by atoms with Crippen LogP contribution in [0.3, 0.4) is 0 Å². The zero-order valence-electron chi connectivity index (χ0n) is 14.1. The zero-order valence-corrected chi connectivity index (χ0v) is 14.1. The van der Waals surface area contributed by atoms with Crippen LogP contribution >= 0.6 is 0 Å². The summed E-state index contributed by atoms with van der Waals surface area (Å²) < 4.78 is 5.48. The van der Waals surface area contributed by atoms with Gasteiger partial charge < -0.3 is 15.4 Å². The Morgan fingerprint density at radius 2 is 1.86 bits per heavy atom. The third-order valence-corrected chi connectivity index (χ3v) is 3.57. The van der Waals surface area contributed by atoms with Gasteiger partial charge in [0.2, 0.25) is 11.8 Å². The lowest BCUT2D eigenvalue weighted by atomic mass is 9.92. The lowest BCUT2D eigenvalue weighted by Gasteiger charge is -2.35. The summed E-state index contributed by atoms with van der Waals surface area (Å²) in [4.78, 5) is 25.5. The van der Waals surface area contributed by atoms with Gasteiger partial charge in [-0.2, -0.15) is 0 Å². The van der Waals surface area contributed by atoms with Crippen molar-refractivity contribution in [1.82, 2.24) is 4.90 Å². The average molecular weight is 298 g/mol. The number of primary amides is 1. The van der Waals surface area contributed by atoms with E-state index in [4.69, 9.17) is 10.5 Å². The molecular weight excluding hydrogens is 268 g/mol. The molecule has 0 aliphatic heterocycles. The highest BCUT2D eigenvalue weighted by molar-refractivity contribution is 5.87. The second-order valence-corrected chi connectivity index (χ2v) is 5.93. The van der Waals surface area contributed by atoms with Gasteiger partial charge in [0, 0.05) is 20.6 Å². The van der Waals surface area contributed by atoms with Crippen LogP contribution in [-0.4, -0.2) is 43.0 Å². The molecule has 5 heteroatoms. The highest BCUT2D eigenvalue weighted by Crippen LogP contribution is 2.20. The fraction of sp³-hybridized carbons (Fsp3) is 0.750. The van der Waals surface area contributed by atoms with Gasteiger partial charge in [0.1, 0.15) is 6.04 Å². The Hall–Kier alpha value is -1.36. The molecule has 0 saturated carbocycles. The molecule has 21 heavy (non-hydrogen) atoms. The SMILES string of the molecule is C/C=C/C[C@@H](C)C(OC)[C@@H](C(N)=O)N(C)C(=O)CC(C)C. The minimum Gasteiger partial charge on any atom is -0.378 e. The number of amides is 2. The number of carbonyl (C=O) groups excluding carboxylic acids is 2. The Balaban J connectivity index is 5.15. The quantitative estimate of drug-likeness (QED) is 0.661. The van der Waals surface area contributed by atoms with Crippen LogP contribution in [0.4, 0.5) is 0 Å². The first-order valence-corrected chi connectivity index (χ1v) is 7.45. The van der Waals surface area contributed by atoms with Crippen LogP contribution in [0.2, 0.25) is 0 Å². The van der Waals surface area contributed by atoms with Gasteiger partial charge in [-0.25, -0.2) is 0 Å². The topological polar surface area (TPSA) is 72.6 Å². The number of ether oxygens (including phenoxy) is 1. The molecule has 0 heterocycles. The summed E-state index contributed by atoms with van der Waals surface area (Å²) in [5.74, 6) is -0.309. The van der Waals surface area contributed by atoms with E-state index in [1.807, 2.05) is 39.8 Å². The Morgan fingerprint density at radius 3 is 2.24 bits per heavy atom. The maximum atomic E-state index is 12.2. The molecule has 2 N–H and O–H groups in total. The first-order chi connectivity index (χ1) is 9.76. The standard InChI is InChI=1S/C16H30N2O3/c1-7-8-9-12(4)15(21-6)14(16(17)20)18(5)13(19)10-11(2)3/h7-8,11-12,14-15H,9-10H2,1-6H3,(H2,17,20)/b8-7+/t12-,14+,15?/m1/s1. The summed E-state index contributed by atoms with van der Waals surface area (Å²) in [5.41, 5.74) is 5.52. The molecule has 0 aromatic heterocycles. The molecule has 0 aromatic carbocycles. The van der Waals surface area contributed by atoms with E-state index in [0.717, 1.165) is 6.42 Å². The van der Waals surface area contributed by atoms with Gasteiger partial charge in [0.15, 0.2) is 0 Å². The lowest BCUT2D eigenvalue weighted by molar-refractivity contribution is -0.144. The Kier molecular flexibility index (Phi) is 8.93. The summed E-state index contributed by atoms with van der Waals surface area (Å²) in [6.45, 7) is 7.87. The lowest BCUT2D eigenvalue weighted by Crippen LogP contribution is -2.55. The van der Waals surface area contributed by atoms with Gasteiger partial charge in [0.25, 0.3) is 0 Å². The predicted molar refractivity (Wildman–Crippen MR) is 84.6 cm³/mol. The van der Waals surface area contributed by atoms with Crippen LogP contribution in [0.5, 0.6) is 0 Å². The summed E-state index contributed by atoms with van der Waals surface area (Å²) in [5, 5.41) is 0. The predicted octanol–water partition coefficient (Wildman–Crippen LogP) is 1.96. The Morgan fingerprint density at radius 1 is 1.29 bits per heavy atom. The second kappa shape index (κ2) is 9.55. The zero-order chi connectivity index (χ0) is 16.6. The van der Waals surface area contributed by atoms with Crippen molar-refractivity contribution in [2.45, 2.75) is 52.7 Å². The smallest absolute Gasteiger partial charge is 0.242 e. The number of likely N-dealkylation sites (N-methyl/N-ethyl adjacent to an activating group) is 1. The van der Waals surface area contributed by atoms with E-state index in [-0.39, 0.29) is 17.7 Å². The van der Waals surface area contributed by atoms with Crippen molar-refractivity contribution in [3.05, 3.63) is 12.2 Å². The minimum absolute atomic E-state index is 0.0815. The van der Waals surface area contributed by atoms with Crippen LogP contribution < -0.4 is 5.73 Å². The summed E-state index contributed by atoms with van der Waals surface area (Å²) in [7, 11) is 3.17. The van der Waals surface area contributed by atoms with E-state index in [0.29, 0.717) is 6.42 Å². The molecule has 0 aliphatic carbocycles. The van der Waals surface area contributed by atoms with Crippen molar-refractivity contribution in [3.8, 4) is 0 Å². The fourth-order valence-electron chi connectivity index (χ4n) is 2.38. The molecule has 1 unspecified atom stereocenters. The molecule has 122 valence electrons. The monoisotopic (exact) mass is 298 g/mol. The maximum Gasteiger partial charge on any atom is 0.242 e. The number of hydrogen-bond donors (Lipinski definition) is 1. The number of methoxy groups -OCH3 is 1. The van der Waals surface area contributed by atoms with Crippen LogP contribution in [0, 0.1) is 11.8 Å². The number of carbonyl (C=O) groups is 2. The summed E-state index contributed by atoms with van der Waals surface area (Å²) in [6.07, 6.45) is 4.71. The molecule has 0 fully saturated rings. The molecule has 0 radical (unpaired) electrons. The Bertz CT molecular complexity index is 367. The van der Waals surface area contributed by atoms with Crippen LogP contribution in [0.25, 0.3) is 0 Å². The molecule has 3 atom stereocenters. The molecule has 2 amide bonds. The van der Waals surface area contributed by atoms with Gasteiger partial charge in [-0.3, -0.25) is 9.59 Å². The Labute approximate surface area is 128 Å². The maximum absolute atomic E-state index is 12.2. The van der Waals surface area contributed by atoms with E-state index in [1.54, 1.807) is 14.2 Å². The molecule has 0 aromatic rings. The van der Waals surface area contributed by atoms with E-state index in [1.165, 1.54) is 4.90 Å². The van der Waals surface area contributed by atoms with E-state index < -0.39 is 18.1 Å². The van der Waals surface area contributed by atoms with Gasteiger partial charge in [-0.1, -0.05) is 32.9 Å². The molecule has 0 spiro atoms. The second-order valence-electron chi connectivity index (χ2n) is 5.93. The van der Waals surface area contributed by atoms with Crippen LogP contribution in [0.15, 0.2) is 12.2 Å². The molecular formula is C16H30N2O3. The number of nitrogens with zero attached hydrogens (tertiary/aromatic N) is 1. The molecule has 0 bridgehead atoms. The van der Waals surface area contributed by atoms with Crippen molar-refractivity contribution in [3.63, 3.8) is 0 Å². The van der Waals surface area contributed by atoms with Gasteiger partial charge in [0.05, 0.1) is 6.10 Å². The van der Waals surface area contributed by atoms with Gasteiger partial charge in [-0.05, 0) is 25.2 Å². The average Bonchev–Trinajstić information content (AvgIpc) is 2.39. The van der Waals surface area contributed by atoms with Crippen molar-refractivity contribution < 1.29 is 14.3 Å². The first kappa shape index (κ1) is 19.6. The minimum atomic E-state index is -0.749. The molecule has 0 rings (SSSR count). The third kappa shape index (κ3) is 6.29. The van der Waals surface area contributed by atoms with E-state index >= 15 is 0 Å². The van der Waals surface area contributed by atoms with Crippen molar-refractivity contribution in [2.24, 2.45) is 17.6 Å². The van der Waals surface area contributed by atoms with Gasteiger partial charge in [-0.15, -0.1) is 0 Å². The summed E-state index contributed by atoms with van der Waals surface area (Å²) >= 11 is 0. The van der Waals surface area contributed by atoms with E-state index in [9.17, 15) is 9.59 Å². The number of nitrogens with two attached hydrogens (primary N) is 1. The van der Waals surface area contributed by atoms with Crippen LogP contribution in [-0.2, 0) is 14.3 Å². The largest absolute Gasteiger partial charge is 0.378 e. The third-order valence-electron chi connectivity index (χ3n) is 3.57. The fourth-order valence-corrected chi connectivity index (χ4v) is 2.38.